The fourth-order valence-electron chi connectivity index (χ4n) is 0.985. The molecular formula is C9H8Cl2F3NS. The Labute approximate surface area is 105 Å². The zero-order valence-electron chi connectivity index (χ0n) is 7.94. The second-order valence-electron chi connectivity index (χ2n) is 2.85. The monoisotopic (exact) mass is 289 g/mol. The van der Waals surface area contributed by atoms with Crippen molar-refractivity contribution in [3.8, 4) is 0 Å². The molecule has 0 radical (unpaired) electrons. The SMILES string of the molecule is FC(F)(F)SCCNc1cc(Cl)ccc1Cl. The lowest BCUT2D eigenvalue weighted by Gasteiger charge is -2.09. The predicted molar refractivity (Wildman–Crippen MR) is 63.5 cm³/mol. The third-order valence-electron chi connectivity index (χ3n) is 1.61. The van der Waals surface area contributed by atoms with E-state index in [-0.39, 0.29) is 24.1 Å². The average Bonchev–Trinajstić information content (AvgIpc) is 2.16. The topological polar surface area (TPSA) is 12.0 Å². The van der Waals surface area contributed by atoms with Crippen LogP contribution in [-0.2, 0) is 0 Å². The van der Waals surface area contributed by atoms with Gasteiger partial charge >= 0.3 is 5.51 Å². The van der Waals surface area contributed by atoms with Crippen LogP contribution in [0.25, 0.3) is 0 Å². The van der Waals surface area contributed by atoms with Gasteiger partial charge in [-0.1, -0.05) is 23.2 Å². The minimum absolute atomic E-state index is 0.0757. The smallest absolute Gasteiger partial charge is 0.383 e. The number of hydrogen-bond acceptors (Lipinski definition) is 2. The first-order valence-electron chi connectivity index (χ1n) is 4.28. The third-order valence-corrected chi connectivity index (χ3v) is 2.91. The molecule has 0 aliphatic carbocycles. The number of rotatable bonds is 4. The molecule has 0 atom stereocenters. The van der Waals surface area contributed by atoms with Crippen LogP contribution < -0.4 is 5.32 Å². The highest BCUT2D eigenvalue weighted by atomic mass is 35.5. The van der Waals surface area contributed by atoms with Gasteiger partial charge in [-0.3, -0.25) is 0 Å². The van der Waals surface area contributed by atoms with E-state index in [4.69, 9.17) is 23.2 Å². The quantitative estimate of drug-likeness (QED) is 0.809. The van der Waals surface area contributed by atoms with Crippen molar-refractivity contribution in [3.63, 3.8) is 0 Å². The van der Waals surface area contributed by atoms with E-state index in [1.807, 2.05) is 0 Å². The molecule has 1 nitrogen and oxygen atoms in total. The van der Waals surface area contributed by atoms with Crippen molar-refractivity contribution in [2.75, 3.05) is 17.6 Å². The molecule has 1 N–H and O–H groups in total. The van der Waals surface area contributed by atoms with Crippen LogP contribution in [0.2, 0.25) is 10.0 Å². The van der Waals surface area contributed by atoms with Crippen molar-refractivity contribution in [1.82, 2.24) is 0 Å². The summed E-state index contributed by atoms with van der Waals surface area (Å²) in [5, 5.41) is 3.70. The molecule has 16 heavy (non-hydrogen) atoms. The van der Waals surface area contributed by atoms with Crippen molar-refractivity contribution >= 4 is 40.7 Å². The number of benzene rings is 1. The number of hydrogen-bond donors (Lipinski definition) is 1. The molecule has 0 aromatic heterocycles. The molecule has 0 bridgehead atoms. The van der Waals surface area contributed by atoms with Crippen LogP contribution in [-0.4, -0.2) is 17.8 Å². The second-order valence-corrected chi connectivity index (χ2v) is 4.85. The maximum absolute atomic E-state index is 11.8. The van der Waals surface area contributed by atoms with Gasteiger partial charge in [0.2, 0.25) is 0 Å². The van der Waals surface area contributed by atoms with Gasteiger partial charge < -0.3 is 5.32 Å². The molecule has 0 unspecified atom stereocenters. The summed E-state index contributed by atoms with van der Waals surface area (Å²) in [6.45, 7) is 0.171. The van der Waals surface area contributed by atoms with E-state index < -0.39 is 5.51 Å². The van der Waals surface area contributed by atoms with Crippen molar-refractivity contribution < 1.29 is 13.2 Å². The second kappa shape index (κ2) is 5.89. The first kappa shape index (κ1) is 13.8. The number of anilines is 1. The Kier molecular flexibility index (Phi) is 5.08. The predicted octanol–water partition coefficient (Wildman–Crippen LogP) is 4.66. The van der Waals surface area contributed by atoms with Crippen LogP contribution in [0.1, 0.15) is 0 Å². The summed E-state index contributed by atoms with van der Waals surface area (Å²) >= 11 is 11.5. The number of thioether (sulfide) groups is 1. The summed E-state index contributed by atoms with van der Waals surface area (Å²) in [7, 11) is 0. The Morgan fingerprint density at radius 1 is 1.25 bits per heavy atom. The lowest BCUT2D eigenvalue weighted by molar-refractivity contribution is -0.0327. The van der Waals surface area contributed by atoms with E-state index >= 15 is 0 Å². The first-order chi connectivity index (χ1) is 7.38. The fraction of sp³-hybridized carbons (Fsp3) is 0.333. The summed E-state index contributed by atoms with van der Waals surface area (Å²) < 4.78 is 35.4. The molecule has 1 aromatic rings. The molecule has 90 valence electrons. The summed E-state index contributed by atoms with van der Waals surface area (Å²) in [6, 6.07) is 4.77. The van der Waals surface area contributed by atoms with Crippen molar-refractivity contribution in [3.05, 3.63) is 28.2 Å². The van der Waals surface area contributed by atoms with Gasteiger partial charge in [-0.15, -0.1) is 0 Å². The Bertz CT molecular complexity index is 357. The Morgan fingerprint density at radius 2 is 1.94 bits per heavy atom. The van der Waals surface area contributed by atoms with Crippen molar-refractivity contribution in [2.45, 2.75) is 5.51 Å². The molecule has 0 amide bonds. The van der Waals surface area contributed by atoms with Crippen LogP contribution in [0, 0.1) is 0 Å². The minimum Gasteiger partial charge on any atom is -0.383 e. The summed E-state index contributed by atoms with van der Waals surface area (Å²) in [6.07, 6.45) is 0. The zero-order chi connectivity index (χ0) is 12.2. The molecule has 0 spiro atoms. The van der Waals surface area contributed by atoms with Crippen molar-refractivity contribution in [1.29, 1.82) is 0 Å². The standard InChI is InChI=1S/C9H8Cl2F3NS/c10-6-1-2-7(11)8(5-6)15-3-4-16-9(12,13)14/h1-2,5,15H,3-4H2. The van der Waals surface area contributed by atoms with Gasteiger partial charge in [-0.2, -0.15) is 13.2 Å². The fourth-order valence-corrected chi connectivity index (χ4v) is 1.78. The van der Waals surface area contributed by atoms with E-state index in [0.717, 1.165) is 0 Å². The molecule has 0 heterocycles. The molecule has 0 aliphatic rings. The number of halogens is 5. The Hall–Kier alpha value is -0.260. The van der Waals surface area contributed by atoms with Crippen LogP contribution >= 0.6 is 35.0 Å². The molecular weight excluding hydrogens is 282 g/mol. The molecule has 1 rings (SSSR count). The Balaban J connectivity index is 2.40. The third kappa shape index (κ3) is 5.18. The number of alkyl halides is 3. The molecule has 0 fully saturated rings. The Morgan fingerprint density at radius 3 is 2.56 bits per heavy atom. The molecule has 7 heteroatoms. The molecule has 0 aliphatic heterocycles. The maximum atomic E-state index is 11.8. The zero-order valence-corrected chi connectivity index (χ0v) is 10.3. The highest BCUT2D eigenvalue weighted by molar-refractivity contribution is 8.00. The van der Waals surface area contributed by atoms with Gasteiger partial charge in [0.25, 0.3) is 0 Å². The maximum Gasteiger partial charge on any atom is 0.441 e. The normalized spacial score (nSPS) is 11.6. The highest BCUT2D eigenvalue weighted by Gasteiger charge is 2.27. The van der Waals surface area contributed by atoms with Gasteiger partial charge in [0.15, 0.2) is 0 Å². The minimum atomic E-state index is -4.19. The van der Waals surface area contributed by atoms with Crippen LogP contribution in [0.4, 0.5) is 18.9 Å². The summed E-state index contributed by atoms with van der Waals surface area (Å²) in [5.74, 6) is -0.0770. The van der Waals surface area contributed by atoms with E-state index in [1.165, 1.54) is 0 Å². The van der Waals surface area contributed by atoms with E-state index in [9.17, 15) is 13.2 Å². The van der Waals surface area contributed by atoms with Gasteiger partial charge in [0.05, 0.1) is 10.7 Å². The van der Waals surface area contributed by atoms with Gasteiger partial charge in [0.1, 0.15) is 0 Å². The lowest BCUT2D eigenvalue weighted by Crippen LogP contribution is -2.09. The van der Waals surface area contributed by atoms with Gasteiger partial charge in [-0.25, -0.2) is 0 Å². The van der Waals surface area contributed by atoms with Crippen LogP contribution in [0.3, 0.4) is 0 Å². The summed E-state index contributed by atoms with van der Waals surface area (Å²) in [4.78, 5) is 0. The first-order valence-corrected chi connectivity index (χ1v) is 6.02. The number of nitrogens with one attached hydrogen (secondary N) is 1. The van der Waals surface area contributed by atoms with E-state index in [2.05, 4.69) is 5.32 Å². The van der Waals surface area contributed by atoms with E-state index in [0.29, 0.717) is 15.7 Å². The van der Waals surface area contributed by atoms with E-state index in [1.54, 1.807) is 18.2 Å². The average molecular weight is 290 g/mol. The lowest BCUT2D eigenvalue weighted by atomic mass is 10.3. The molecule has 0 saturated carbocycles. The summed E-state index contributed by atoms with van der Waals surface area (Å²) in [5.41, 5.74) is -3.66. The van der Waals surface area contributed by atoms with Crippen molar-refractivity contribution in [2.24, 2.45) is 0 Å². The molecule has 1 aromatic carbocycles. The molecule has 0 saturated heterocycles. The highest BCUT2D eigenvalue weighted by Crippen LogP contribution is 2.30. The van der Waals surface area contributed by atoms with Gasteiger partial charge in [0, 0.05) is 17.3 Å². The largest absolute Gasteiger partial charge is 0.441 e. The van der Waals surface area contributed by atoms with Crippen LogP contribution in [0.15, 0.2) is 18.2 Å². The van der Waals surface area contributed by atoms with Gasteiger partial charge in [-0.05, 0) is 30.0 Å². The van der Waals surface area contributed by atoms with Crippen LogP contribution in [0.5, 0.6) is 0 Å².